The SMILES string of the molecule is COC(=O)C(C)c1c(-c2ccccc2)nnnc1-c1ccccc1. The smallest absolute Gasteiger partial charge is 0.313 e. The van der Waals surface area contributed by atoms with E-state index in [9.17, 15) is 4.79 Å². The molecule has 2 aromatic carbocycles. The van der Waals surface area contributed by atoms with E-state index in [1.165, 1.54) is 7.11 Å². The lowest BCUT2D eigenvalue weighted by Crippen LogP contribution is -2.15. The molecule has 0 fully saturated rings. The third kappa shape index (κ3) is 3.01. The average molecular weight is 319 g/mol. The van der Waals surface area contributed by atoms with Gasteiger partial charge in [0.2, 0.25) is 0 Å². The minimum atomic E-state index is -0.511. The molecule has 0 aliphatic carbocycles. The second-order valence-electron chi connectivity index (χ2n) is 5.38. The Hall–Kier alpha value is -3.08. The fraction of sp³-hybridized carbons (Fsp3) is 0.158. The van der Waals surface area contributed by atoms with Crippen molar-refractivity contribution in [2.45, 2.75) is 12.8 Å². The molecule has 120 valence electrons. The van der Waals surface area contributed by atoms with Crippen LogP contribution in [0.15, 0.2) is 60.7 Å². The lowest BCUT2D eigenvalue weighted by atomic mass is 9.92. The van der Waals surface area contributed by atoms with Gasteiger partial charge in [0.05, 0.1) is 13.0 Å². The van der Waals surface area contributed by atoms with Gasteiger partial charge in [0.1, 0.15) is 11.4 Å². The van der Waals surface area contributed by atoms with Gasteiger partial charge in [-0.3, -0.25) is 4.79 Å². The average Bonchev–Trinajstić information content (AvgIpc) is 2.67. The van der Waals surface area contributed by atoms with E-state index in [4.69, 9.17) is 4.74 Å². The first-order valence-corrected chi connectivity index (χ1v) is 7.64. The summed E-state index contributed by atoms with van der Waals surface area (Å²) < 4.78 is 4.93. The van der Waals surface area contributed by atoms with Gasteiger partial charge < -0.3 is 4.74 Å². The van der Waals surface area contributed by atoms with Crippen LogP contribution in [0.1, 0.15) is 18.4 Å². The molecule has 0 saturated heterocycles. The Morgan fingerprint density at radius 1 is 0.875 bits per heavy atom. The lowest BCUT2D eigenvalue weighted by Gasteiger charge is -2.16. The van der Waals surface area contributed by atoms with Crippen LogP contribution in [0.3, 0.4) is 0 Å². The number of carbonyl (C=O) groups excluding carboxylic acids is 1. The highest BCUT2D eigenvalue weighted by atomic mass is 16.5. The summed E-state index contributed by atoms with van der Waals surface area (Å²) >= 11 is 0. The zero-order valence-corrected chi connectivity index (χ0v) is 13.5. The van der Waals surface area contributed by atoms with E-state index in [1.807, 2.05) is 60.7 Å². The summed E-state index contributed by atoms with van der Waals surface area (Å²) in [5.41, 5.74) is 3.77. The number of aromatic nitrogens is 3. The molecule has 3 aromatic rings. The monoisotopic (exact) mass is 319 g/mol. The quantitative estimate of drug-likeness (QED) is 0.689. The van der Waals surface area contributed by atoms with Crippen LogP contribution >= 0.6 is 0 Å². The highest BCUT2D eigenvalue weighted by Gasteiger charge is 2.26. The molecule has 0 bridgehead atoms. The van der Waals surface area contributed by atoms with Gasteiger partial charge in [-0.25, -0.2) is 0 Å². The molecule has 0 amide bonds. The molecule has 1 atom stereocenters. The molecule has 1 aromatic heterocycles. The number of benzene rings is 2. The fourth-order valence-electron chi connectivity index (χ4n) is 2.65. The van der Waals surface area contributed by atoms with Crippen LogP contribution in [-0.4, -0.2) is 28.5 Å². The number of hydrogen-bond acceptors (Lipinski definition) is 5. The van der Waals surface area contributed by atoms with Gasteiger partial charge in [0, 0.05) is 16.7 Å². The standard InChI is InChI=1S/C19H17N3O2/c1-13(19(23)24-2)16-17(14-9-5-3-6-10-14)20-22-21-18(16)15-11-7-4-8-12-15/h3-13H,1-2H3. The Morgan fingerprint density at radius 3 is 1.75 bits per heavy atom. The summed E-state index contributed by atoms with van der Waals surface area (Å²) in [7, 11) is 1.38. The van der Waals surface area contributed by atoms with Gasteiger partial charge in [-0.15, -0.1) is 10.2 Å². The van der Waals surface area contributed by atoms with Crippen LogP contribution in [-0.2, 0) is 9.53 Å². The summed E-state index contributed by atoms with van der Waals surface area (Å²) in [5, 5.41) is 12.3. The zero-order valence-electron chi connectivity index (χ0n) is 13.5. The molecule has 0 aliphatic rings. The summed E-state index contributed by atoms with van der Waals surface area (Å²) in [5.74, 6) is -0.845. The molecular weight excluding hydrogens is 302 g/mol. The molecular formula is C19H17N3O2. The topological polar surface area (TPSA) is 65.0 Å². The van der Waals surface area contributed by atoms with Gasteiger partial charge in [0.25, 0.3) is 0 Å². The van der Waals surface area contributed by atoms with E-state index < -0.39 is 5.92 Å². The van der Waals surface area contributed by atoms with Crippen LogP contribution in [0.25, 0.3) is 22.5 Å². The van der Waals surface area contributed by atoms with Gasteiger partial charge in [0.15, 0.2) is 0 Å². The highest BCUT2D eigenvalue weighted by Crippen LogP contribution is 2.34. The van der Waals surface area contributed by atoms with Gasteiger partial charge in [-0.2, -0.15) is 0 Å². The van der Waals surface area contributed by atoms with Crippen LogP contribution in [0.4, 0.5) is 0 Å². The van der Waals surface area contributed by atoms with E-state index in [-0.39, 0.29) is 5.97 Å². The van der Waals surface area contributed by atoms with Crippen molar-refractivity contribution in [1.29, 1.82) is 0 Å². The predicted octanol–water partition coefficient (Wildman–Crippen LogP) is 3.48. The number of ether oxygens (including phenoxy) is 1. The predicted molar refractivity (Wildman–Crippen MR) is 91.1 cm³/mol. The van der Waals surface area contributed by atoms with Crippen LogP contribution in [0, 0.1) is 0 Å². The fourth-order valence-corrected chi connectivity index (χ4v) is 2.65. The van der Waals surface area contributed by atoms with Crippen molar-refractivity contribution in [3.05, 3.63) is 66.2 Å². The number of nitrogens with zero attached hydrogens (tertiary/aromatic N) is 3. The molecule has 5 heteroatoms. The van der Waals surface area contributed by atoms with E-state index in [1.54, 1.807) is 6.92 Å². The number of hydrogen-bond donors (Lipinski definition) is 0. The third-order valence-corrected chi connectivity index (χ3v) is 3.88. The maximum absolute atomic E-state index is 12.2. The van der Waals surface area contributed by atoms with Crippen LogP contribution in [0.2, 0.25) is 0 Å². The van der Waals surface area contributed by atoms with Crippen molar-refractivity contribution < 1.29 is 9.53 Å². The Labute approximate surface area is 140 Å². The van der Waals surface area contributed by atoms with Crippen molar-refractivity contribution in [1.82, 2.24) is 15.4 Å². The molecule has 1 unspecified atom stereocenters. The molecule has 0 aliphatic heterocycles. The Morgan fingerprint density at radius 2 is 1.33 bits per heavy atom. The largest absolute Gasteiger partial charge is 0.469 e. The number of methoxy groups -OCH3 is 1. The van der Waals surface area contributed by atoms with Crippen LogP contribution in [0.5, 0.6) is 0 Å². The molecule has 5 nitrogen and oxygen atoms in total. The lowest BCUT2D eigenvalue weighted by molar-refractivity contribution is -0.141. The Bertz CT molecular complexity index is 778. The van der Waals surface area contributed by atoms with Crippen molar-refractivity contribution in [3.63, 3.8) is 0 Å². The van der Waals surface area contributed by atoms with Crippen molar-refractivity contribution >= 4 is 5.97 Å². The van der Waals surface area contributed by atoms with E-state index >= 15 is 0 Å². The molecule has 0 N–H and O–H groups in total. The minimum Gasteiger partial charge on any atom is -0.469 e. The van der Waals surface area contributed by atoms with Crippen molar-refractivity contribution in [2.75, 3.05) is 7.11 Å². The molecule has 0 spiro atoms. The maximum atomic E-state index is 12.2. The Kier molecular flexibility index (Phi) is 4.61. The number of rotatable bonds is 4. The molecule has 3 rings (SSSR count). The summed E-state index contributed by atoms with van der Waals surface area (Å²) in [6.45, 7) is 1.80. The number of esters is 1. The normalized spacial score (nSPS) is 11.8. The zero-order chi connectivity index (χ0) is 16.9. The van der Waals surface area contributed by atoms with Crippen molar-refractivity contribution in [3.8, 4) is 22.5 Å². The third-order valence-electron chi connectivity index (χ3n) is 3.88. The van der Waals surface area contributed by atoms with Gasteiger partial charge in [-0.05, 0) is 12.1 Å². The second kappa shape index (κ2) is 7.00. The molecule has 0 saturated carbocycles. The van der Waals surface area contributed by atoms with Gasteiger partial charge in [-0.1, -0.05) is 60.7 Å². The Balaban J connectivity index is 2.25. The van der Waals surface area contributed by atoms with Gasteiger partial charge >= 0.3 is 5.97 Å². The first-order valence-electron chi connectivity index (χ1n) is 7.64. The van der Waals surface area contributed by atoms with E-state index in [2.05, 4.69) is 15.4 Å². The second-order valence-corrected chi connectivity index (χ2v) is 5.38. The summed E-state index contributed by atoms with van der Waals surface area (Å²) in [6, 6.07) is 19.3. The first kappa shape index (κ1) is 15.8. The summed E-state index contributed by atoms with van der Waals surface area (Å²) in [4.78, 5) is 12.2. The highest BCUT2D eigenvalue weighted by molar-refractivity contribution is 5.85. The number of carbonyl (C=O) groups is 1. The molecule has 1 heterocycles. The van der Waals surface area contributed by atoms with Crippen LogP contribution < -0.4 is 0 Å². The first-order chi connectivity index (χ1) is 11.7. The van der Waals surface area contributed by atoms with E-state index in [0.717, 1.165) is 11.1 Å². The molecule has 24 heavy (non-hydrogen) atoms. The van der Waals surface area contributed by atoms with Crippen molar-refractivity contribution in [2.24, 2.45) is 0 Å². The minimum absolute atomic E-state index is 0.334. The molecule has 0 radical (unpaired) electrons. The maximum Gasteiger partial charge on any atom is 0.313 e. The van der Waals surface area contributed by atoms with E-state index in [0.29, 0.717) is 17.0 Å². The summed E-state index contributed by atoms with van der Waals surface area (Å²) in [6.07, 6.45) is 0.